The topological polar surface area (TPSA) is 42.4 Å². The summed E-state index contributed by atoms with van der Waals surface area (Å²) in [5.74, 6) is 1.50. The van der Waals surface area contributed by atoms with Crippen molar-refractivity contribution in [2.45, 2.75) is 20.0 Å². The van der Waals surface area contributed by atoms with E-state index in [2.05, 4.69) is 0 Å². The van der Waals surface area contributed by atoms with Gasteiger partial charge in [-0.2, -0.15) is 0 Å². The predicted molar refractivity (Wildman–Crippen MR) is 69.8 cm³/mol. The summed E-state index contributed by atoms with van der Waals surface area (Å²) in [6, 6.07) is 8.53. The number of halogens is 1. The molecule has 0 bridgehead atoms. The fourth-order valence-corrected chi connectivity index (χ4v) is 1.98. The van der Waals surface area contributed by atoms with E-state index in [0.717, 1.165) is 22.8 Å². The maximum atomic E-state index is 13.1. The standard InChI is InChI=1S/C14H17FN2O/c1-10-3-5-13(18-10)9-17(2)14-6-4-12(15)7-11(14)8-16/h3-7H,8-9,16H2,1-2H3. The highest BCUT2D eigenvalue weighted by Gasteiger charge is 2.09. The molecular formula is C14H17FN2O. The van der Waals surface area contributed by atoms with Crippen LogP contribution in [0.1, 0.15) is 17.1 Å². The SMILES string of the molecule is Cc1ccc(CN(C)c2ccc(F)cc2CN)o1. The van der Waals surface area contributed by atoms with Crippen LogP contribution < -0.4 is 10.6 Å². The summed E-state index contributed by atoms with van der Waals surface area (Å²) in [5.41, 5.74) is 7.35. The Balaban J connectivity index is 2.20. The first-order chi connectivity index (χ1) is 8.60. The van der Waals surface area contributed by atoms with Crippen molar-refractivity contribution in [2.24, 2.45) is 5.73 Å². The van der Waals surface area contributed by atoms with Gasteiger partial charge in [0.2, 0.25) is 0 Å². The number of aryl methyl sites for hydroxylation is 1. The van der Waals surface area contributed by atoms with E-state index in [9.17, 15) is 4.39 Å². The first kappa shape index (κ1) is 12.6. The van der Waals surface area contributed by atoms with Crippen LogP contribution in [0.3, 0.4) is 0 Å². The van der Waals surface area contributed by atoms with Crippen molar-refractivity contribution in [2.75, 3.05) is 11.9 Å². The highest BCUT2D eigenvalue weighted by Crippen LogP contribution is 2.22. The van der Waals surface area contributed by atoms with Gasteiger partial charge in [-0.1, -0.05) is 0 Å². The van der Waals surface area contributed by atoms with Gasteiger partial charge in [0.05, 0.1) is 6.54 Å². The predicted octanol–water partition coefficient (Wildman–Crippen LogP) is 2.82. The smallest absolute Gasteiger partial charge is 0.123 e. The Morgan fingerprint density at radius 3 is 2.67 bits per heavy atom. The van der Waals surface area contributed by atoms with Crippen LogP contribution in [0.15, 0.2) is 34.7 Å². The second-order valence-corrected chi connectivity index (χ2v) is 4.35. The van der Waals surface area contributed by atoms with Crippen molar-refractivity contribution in [3.05, 3.63) is 53.2 Å². The van der Waals surface area contributed by atoms with E-state index in [0.29, 0.717) is 13.1 Å². The lowest BCUT2D eigenvalue weighted by molar-refractivity contribution is 0.481. The van der Waals surface area contributed by atoms with Crippen LogP contribution in [-0.4, -0.2) is 7.05 Å². The zero-order valence-electron chi connectivity index (χ0n) is 10.6. The van der Waals surface area contributed by atoms with Crippen LogP contribution in [-0.2, 0) is 13.1 Å². The van der Waals surface area contributed by atoms with Crippen LogP contribution in [0.2, 0.25) is 0 Å². The van der Waals surface area contributed by atoms with Crippen LogP contribution in [0.5, 0.6) is 0 Å². The molecule has 0 aliphatic rings. The number of hydrogen-bond acceptors (Lipinski definition) is 3. The fourth-order valence-electron chi connectivity index (χ4n) is 1.98. The van der Waals surface area contributed by atoms with E-state index in [1.54, 1.807) is 6.07 Å². The van der Waals surface area contributed by atoms with Gasteiger partial charge in [0, 0.05) is 19.3 Å². The van der Waals surface area contributed by atoms with E-state index in [1.807, 2.05) is 31.0 Å². The normalized spacial score (nSPS) is 10.7. The van der Waals surface area contributed by atoms with Crippen molar-refractivity contribution in [3.63, 3.8) is 0 Å². The molecule has 0 fully saturated rings. The summed E-state index contributed by atoms with van der Waals surface area (Å²) >= 11 is 0. The van der Waals surface area contributed by atoms with Crippen molar-refractivity contribution < 1.29 is 8.81 Å². The number of benzene rings is 1. The van der Waals surface area contributed by atoms with E-state index in [1.165, 1.54) is 12.1 Å². The van der Waals surface area contributed by atoms with Gasteiger partial charge < -0.3 is 15.1 Å². The quantitative estimate of drug-likeness (QED) is 0.904. The molecule has 1 aromatic carbocycles. The summed E-state index contributed by atoms with van der Waals surface area (Å²) in [4.78, 5) is 2.00. The molecule has 4 heteroatoms. The van der Waals surface area contributed by atoms with Gasteiger partial charge in [-0.05, 0) is 42.8 Å². The van der Waals surface area contributed by atoms with Crippen molar-refractivity contribution in [1.82, 2.24) is 0 Å². The molecule has 0 spiro atoms. The summed E-state index contributed by atoms with van der Waals surface area (Å²) in [6.45, 7) is 2.85. The molecule has 0 unspecified atom stereocenters. The van der Waals surface area contributed by atoms with E-state index in [4.69, 9.17) is 10.2 Å². The summed E-state index contributed by atoms with van der Waals surface area (Å²) < 4.78 is 18.7. The molecule has 2 N–H and O–H groups in total. The van der Waals surface area contributed by atoms with Crippen LogP contribution in [0.4, 0.5) is 10.1 Å². The molecule has 0 saturated heterocycles. The van der Waals surface area contributed by atoms with Gasteiger partial charge >= 0.3 is 0 Å². The largest absolute Gasteiger partial charge is 0.464 e. The third kappa shape index (κ3) is 2.71. The lowest BCUT2D eigenvalue weighted by Gasteiger charge is -2.21. The lowest BCUT2D eigenvalue weighted by atomic mass is 10.1. The molecule has 0 saturated carbocycles. The molecular weight excluding hydrogens is 231 g/mol. The van der Waals surface area contributed by atoms with E-state index >= 15 is 0 Å². The van der Waals surface area contributed by atoms with Crippen molar-refractivity contribution >= 4 is 5.69 Å². The Hall–Kier alpha value is -1.81. The summed E-state index contributed by atoms with van der Waals surface area (Å²) in [5, 5.41) is 0. The molecule has 0 atom stereocenters. The Kier molecular flexibility index (Phi) is 3.67. The second-order valence-electron chi connectivity index (χ2n) is 4.35. The number of anilines is 1. The van der Waals surface area contributed by atoms with Crippen molar-refractivity contribution in [1.29, 1.82) is 0 Å². The van der Waals surface area contributed by atoms with Gasteiger partial charge in [0.25, 0.3) is 0 Å². The number of rotatable bonds is 4. The fraction of sp³-hybridized carbons (Fsp3) is 0.286. The third-order valence-electron chi connectivity index (χ3n) is 2.86. The van der Waals surface area contributed by atoms with Gasteiger partial charge in [0.1, 0.15) is 17.3 Å². The molecule has 0 radical (unpaired) electrons. The highest BCUT2D eigenvalue weighted by molar-refractivity contribution is 5.53. The monoisotopic (exact) mass is 248 g/mol. The molecule has 0 aliphatic heterocycles. The van der Waals surface area contributed by atoms with E-state index < -0.39 is 0 Å². The minimum Gasteiger partial charge on any atom is -0.464 e. The average molecular weight is 248 g/mol. The lowest BCUT2D eigenvalue weighted by Crippen LogP contribution is -2.18. The minimum atomic E-state index is -0.263. The Morgan fingerprint density at radius 2 is 2.06 bits per heavy atom. The van der Waals surface area contributed by atoms with Gasteiger partial charge in [-0.3, -0.25) is 0 Å². The van der Waals surface area contributed by atoms with Crippen LogP contribution in [0, 0.1) is 12.7 Å². The average Bonchev–Trinajstić information content (AvgIpc) is 2.74. The Bertz CT molecular complexity index is 536. The molecule has 96 valence electrons. The highest BCUT2D eigenvalue weighted by atomic mass is 19.1. The molecule has 2 aromatic rings. The zero-order chi connectivity index (χ0) is 13.1. The van der Waals surface area contributed by atoms with Crippen molar-refractivity contribution in [3.8, 4) is 0 Å². The Morgan fingerprint density at radius 1 is 1.28 bits per heavy atom. The molecule has 2 rings (SSSR count). The summed E-state index contributed by atoms with van der Waals surface area (Å²) in [7, 11) is 1.93. The number of hydrogen-bond donors (Lipinski definition) is 1. The van der Waals surface area contributed by atoms with Crippen LogP contribution >= 0.6 is 0 Å². The Labute approximate surface area is 106 Å². The molecule has 0 amide bonds. The van der Waals surface area contributed by atoms with E-state index in [-0.39, 0.29) is 5.82 Å². The molecule has 18 heavy (non-hydrogen) atoms. The third-order valence-corrected chi connectivity index (χ3v) is 2.86. The first-order valence-electron chi connectivity index (χ1n) is 5.85. The maximum absolute atomic E-state index is 13.1. The minimum absolute atomic E-state index is 0.263. The molecule has 1 heterocycles. The van der Waals surface area contributed by atoms with Gasteiger partial charge in [-0.15, -0.1) is 0 Å². The number of nitrogens with two attached hydrogens (primary N) is 1. The van der Waals surface area contributed by atoms with Crippen LogP contribution in [0.25, 0.3) is 0 Å². The van der Waals surface area contributed by atoms with Gasteiger partial charge in [-0.25, -0.2) is 4.39 Å². The second kappa shape index (κ2) is 5.23. The molecule has 1 aromatic heterocycles. The first-order valence-corrected chi connectivity index (χ1v) is 5.85. The maximum Gasteiger partial charge on any atom is 0.123 e. The number of furan rings is 1. The van der Waals surface area contributed by atoms with Gasteiger partial charge in [0.15, 0.2) is 0 Å². The molecule has 3 nitrogen and oxygen atoms in total. The zero-order valence-corrected chi connectivity index (χ0v) is 10.6. The molecule has 0 aliphatic carbocycles. The number of nitrogens with zero attached hydrogens (tertiary/aromatic N) is 1. The summed E-state index contributed by atoms with van der Waals surface area (Å²) in [6.07, 6.45) is 0.